The molecule has 110 valence electrons. The minimum atomic E-state index is -1.68. The number of aliphatic carboxylic acids is 2. The molecule has 6 heteroatoms. The van der Waals surface area contributed by atoms with Gasteiger partial charge in [0.05, 0.1) is 0 Å². The molecule has 0 rings (SSSR count). The molecule has 2 N–H and O–H groups in total. The summed E-state index contributed by atoms with van der Waals surface area (Å²) < 4.78 is 0. The first-order valence-electron chi connectivity index (χ1n) is 6.67. The Hall–Kier alpha value is 1.58. The molecule has 0 aliphatic rings. The summed E-state index contributed by atoms with van der Waals surface area (Å²) in [6.45, 7) is 7.15. The Bertz CT molecular complexity index is 296. The summed E-state index contributed by atoms with van der Waals surface area (Å²) in [6.07, 6.45) is 5.01. The molecule has 0 aliphatic heterocycles. The molecule has 0 saturated heterocycles. The van der Waals surface area contributed by atoms with Crippen LogP contribution in [0.2, 0.25) is 0 Å². The normalized spacial score (nSPS) is 11.2. The van der Waals surface area contributed by atoms with E-state index < -0.39 is 22.8 Å². The van der Waals surface area contributed by atoms with E-state index in [1.807, 2.05) is 0 Å². The van der Waals surface area contributed by atoms with Crippen molar-refractivity contribution in [2.45, 2.75) is 66.2 Å². The molecule has 0 unspecified atom stereocenters. The largest absolute Gasteiger partial charge is 1.00 e. The minimum absolute atomic E-state index is 0. The third-order valence-corrected chi connectivity index (χ3v) is 3.67. The molecular formula is C14H28KNaO4. The van der Waals surface area contributed by atoms with Crippen molar-refractivity contribution >= 4 is 11.9 Å². The molecule has 0 heterocycles. The second kappa shape index (κ2) is 12.1. The van der Waals surface area contributed by atoms with Crippen LogP contribution in [0.25, 0.3) is 0 Å². The summed E-state index contributed by atoms with van der Waals surface area (Å²) in [6, 6.07) is 0. The van der Waals surface area contributed by atoms with E-state index >= 15 is 0 Å². The second-order valence-corrected chi connectivity index (χ2v) is 5.93. The smallest absolute Gasteiger partial charge is 1.00 e. The van der Waals surface area contributed by atoms with Gasteiger partial charge in [0.25, 0.3) is 0 Å². The quantitative estimate of drug-likeness (QED) is 0.302. The maximum Gasteiger partial charge on any atom is 1.00 e. The van der Waals surface area contributed by atoms with Gasteiger partial charge in [-0.05, 0) is 11.8 Å². The summed E-state index contributed by atoms with van der Waals surface area (Å²) in [5.74, 6) is -2.45. The van der Waals surface area contributed by atoms with Gasteiger partial charge in [-0.2, -0.15) is 0 Å². The van der Waals surface area contributed by atoms with E-state index in [1.165, 1.54) is 0 Å². The number of hydrogen-bond donors (Lipinski definition) is 2. The van der Waals surface area contributed by atoms with Crippen LogP contribution in [0.3, 0.4) is 0 Å². The van der Waals surface area contributed by atoms with Crippen LogP contribution < -0.4 is 80.9 Å². The molecule has 0 aromatic rings. The van der Waals surface area contributed by atoms with E-state index in [0.717, 1.165) is 25.7 Å². The molecule has 0 bridgehead atoms. The third kappa shape index (κ3) is 7.23. The molecule has 20 heavy (non-hydrogen) atoms. The van der Waals surface area contributed by atoms with Gasteiger partial charge in [0.2, 0.25) is 0 Å². The van der Waals surface area contributed by atoms with Gasteiger partial charge in [0.15, 0.2) is 5.41 Å². The second-order valence-electron chi connectivity index (χ2n) is 5.93. The standard InChI is InChI=1S/C14H26O4.K.Na.2H/c1-5-6-7-8-9-10-14(11(15)16,12(17)18)13(2,3)4;;;;/h5-10H2,1-4H3,(H,15,16)(H,17,18);;;;/q;2*+1;2*-1. The summed E-state index contributed by atoms with van der Waals surface area (Å²) in [5.41, 5.74) is -2.48. The molecule has 4 nitrogen and oxygen atoms in total. The molecule has 0 fully saturated rings. The topological polar surface area (TPSA) is 74.6 Å². The number of hydrogen-bond acceptors (Lipinski definition) is 2. The van der Waals surface area contributed by atoms with Gasteiger partial charge in [0.1, 0.15) is 0 Å². The maximum absolute atomic E-state index is 11.4. The van der Waals surface area contributed by atoms with Gasteiger partial charge >= 0.3 is 92.9 Å². The van der Waals surface area contributed by atoms with Gasteiger partial charge in [0, 0.05) is 0 Å². The first-order valence-corrected chi connectivity index (χ1v) is 6.67. The van der Waals surface area contributed by atoms with E-state index in [4.69, 9.17) is 0 Å². The van der Waals surface area contributed by atoms with Gasteiger partial charge in [-0.25, -0.2) is 0 Å². The van der Waals surface area contributed by atoms with Crippen molar-refractivity contribution in [3.8, 4) is 0 Å². The van der Waals surface area contributed by atoms with Crippen LogP contribution in [0, 0.1) is 10.8 Å². The van der Waals surface area contributed by atoms with E-state index in [9.17, 15) is 19.8 Å². The molecule has 0 aromatic heterocycles. The first-order chi connectivity index (χ1) is 8.20. The van der Waals surface area contributed by atoms with Crippen LogP contribution in [-0.4, -0.2) is 22.2 Å². The predicted octanol–water partition coefficient (Wildman–Crippen LogP) is -2.22. The number of carboxylic acid groups (broad SMARTS) is 2. The Morgan fingerprint density at radius 2 is 1.35 bits per heavy atom. The van der Waals surface area contributed by atoms with Crippen molar-refractivity contribution in [3.05, 3.63) is 0 Å². The molecule has 0 radical (unpaired) electrons. The number of unbranched alkanes of at least 4 members (excludes halogenated alkanes) is 4. The van der Waals surface area contributed by atoms with Gasteiger partial charge in [-0.1, -0.05) is 59.8 Å². The third-order valence-electron chi connectivity index (χ3n) is 3.67. The Kier molecular flexibility index (Phi) is 16.0. The Balaban J connectivity index is -0.000000241. The van der Waals surface area contributed by atoms with Crippen molar-refractivity contribution in [2.75, 3.05) is 0 Å². The van der Waals surface area contributed by atoms with Crippen molar-refractivity contribution in [3.63, 3.8) is 0 Å². The zero-order valence-electron chi connectivity index (χ0n) is 16.0. The number of rotatable bonds is 8. The minimum Gasteiger partial charge on any atom is -1.00 e. The SMILES string of the molecule is CCCCCCCC(C(=O)O)(C(=O)O)C(C)(C)C.[H-].[H-].[K+].[Na+]. The molecule has 0 saturated carbocycles. The maximum atomic E-state index is 11.4. The van der Waals surface area contributed by atoms with Crippen LogP contribution in [0.15, 0.2) is 0 Å². The van der Waals surface area contributed by atoms with Gasteiger partial charge in [-0.15, -0.1) is 0 Å². The monoisotopic (exact) mass is 322 g/mol. The Labute approximate surface area is 190 Å². The van der Waals surface area contributed by atoms with Gasteiger partial charge < -0.3 is 13.1 Å². The molecule has 0 spiro atoms. The summed E-state index contributed by atoms with van der Waals surface area (Å²) in [7, 11) is 0. The molecule has 0 aliphatic carbocycles. The average Bonchev–Trinajstić information content (AvgIpc) is 2.20. The van der Waals surface area contributed by atoms with Crippen molar-refractivity contribution in [1.82, 2.24) is 0 Å². The summed E-state index contributed by atoms with van der Waals surface area (Å²) >= 11 is 0. The van der Waals surface area contributed by atoms with Crippen molar-refractivity contribution in [2.24, 2.45) is 10.8 Å². The molecule has 0 atom stereocenters. The fourth-order valence-corrected chi connectivity index (χ4v) is 2.32. The van der Waals surface area contributed by atoms with Crippen LogP contribution in [0.5, 0.6) is 0 Å². The molecule has 0 aromatic carbocycles. The van der Waals surface area contributed by atoms with Gasteiger partial charge in [-0.3, -0.25) is 9.59 Å². The van der Waals surface area contributed by atoms with E-state index in [-0.39, 0.29) is 90.2 Å². The Morgan fingerprint density at radius 1 is 0.950 bits per heavy atom. The fourth-order valence-electron chi connectivity index (χ4n) is 2.32. The van der Waals surface area contributed by atoms with Crippen LogP contribution in [0.4, 0.5) is 0 Å². The van der Waals surface area contributed by atoms with Crippen LogP contribution in [-0.2, 0) is 9.59 Å². The van der Waals surface area contributed by atoms with Crippen molar-refractivity contribution < 1.29 is 104 Å². The predicted molar refractivity (Wildman–Crippen MR) is 72.8 cm³/mol. The number of carbonyl (C=O) groups is 2. The molecule has 0 amide bonds. The van der Waals surface area contributed by atoms with E-state index in [2.05, 4.69) is 6.92 Å². The summed E-state index contributed by atoms with van der Waals surface area (Å²) in [5, 5.41) is 18.7. The first kappa shape index (κ1) is 26.5. The van der Waals surface area contributed by atoms with Crippen molar-refractivity contribution in [1.29, 1.82) is 0 Å². The molecular weight excluding hydrogens is 294 g/mol. The fraction of sp³-hybridized carbons (Fsp3) is 0.857. The zero-order chi connectivity index (χ0) is 14.4. The van der Waals surface area contributed by atoms with E-state index in [0.29, 0.717) is 6.42 Å². The Morgan fingerprint density at radius 3 is 1.65 bits per heavy atom. The van der Waals surface area contributed by atoms with Crippen LogP contribution >= 0.6 is 0 Å². The van der Waals surface area contributed by atoms with E-state index in [1.54, 1.807) is 20.8 Å². The average molecular weight is 322 g/mol. The zero-order valence-corrected chi connectivity index (χ0v) is 19.1. The number of carboxylic acids is 2. The summed E-state index contributed by atoms with van der Waals surface area (Å²) in [4.78, 5) is 22.9. The van der Waals surface area contributed by atoms with Crippen LogP contribution in [0.1, 0.15) is 69.1 Å².